The summed E-state index contributed by atoms with van der Waals surface area (Å²) in [6.07, 6.45) is 2.08. The summed E-state index contributed by atoms with van der Waals surface area (Å²) in [4.78, 5) is 23.0. The van der Waals surface area contributed by atoms with E-state index in [1.54, 1.807) is 22.2 Å². The molecule has 1 N–H and O–H groups in total. The monoisotopic (exact) mass is 443 g/mol. The van der Waals surface area contributed by atoms with E-state index in [1.807, 2.05) is 42.5 Å². The minimum atomic E-state index is -0.719. The van der Waals surface area contributed by atoms with Crippen LogP contribution in [0.2, 0.25) is 0 Å². The Bertz CT molecular complexity index is 1490. The molecule has 0 saturated carbocycles. The third-order valence-corrected chi connectivity index (χ3v) is 7.24. The summed E-state index contributed by atoms with van der Waals surface area (Å²) in [7, 11) is 0. The van der Waals surface area contributed by atoms with Crippen molar-refractivity contribution in [3.8, 4) is 0 Å². The van der Waals surface area contributed by atoms with E-state index in [4.69, 9.17) is 9.72 Å². The predicted octanol–water partition coefficient (Wildman–Crippen LogP) is 4.07. The van der Waals surface area contributed by atoms with Gasteiger partial charge in [0.25, 0.3) is 5.56 Å². The Morgan fingerprint density at radius 1 is 1.09 bits per heavy atom. The van der Waals surface area contributed by atoms with E-state index in [-0.39, 0.29) is 18.2 Å². The van der Waals surface area contributed by atoms with Crippen LogP contribution in [0.1, 0.15) is 23.0 Å². The van der Waals surface area contributed by atoms with Gasteiger partial charge in [0.1, 0.15) is 0 Å². The molecule has 6 nitrogen and oxygen atoms in total. The first-order valence-electron chi connectivity index (χ1n) is 10.7. The van der Waals surface area contributed by atoms with Gasteiger partial charge >= 0.3 is 0 Å². The smallest absolute Gasteiger partial charge is 0.261 e. The lowest BCUT2D eigenvalue weighted by molar-refractivity contribution is -0.0395. The molecule has 5 aromatic rings. The second-order valence-corrected chi connectivity index (χ2v) is 9.30. The predicted molar refractivity (Wildman–Crippen MR) is 126 cm³/mol. The van der Waals surface area contributed by atoms with Gasteiger partial charge in [-0.05, 0) is 35.6 Å². The van der Waals surface area contributed by atoms with Crippen molar-refractivity contribution in [1.29, 1.82) is 0 Å². The maximum atomic E-state index is 13.5. The van der Waals surface area contributed by atoms with E-state index in [0.29, 0.717) is 30.4 Å². The van der Waals surface area contributed by atoms with Gasteiger partial charge in [0, 0.05) is 18.4 Å². The van der Waals surface area contributed by atoms with E-state index in [1.165, 1.54) is 0 Å². The average Bonchev–Trinajstić information content (AvgIpc) is 3.23. The van der Waals surface area contributed by atoms with Crippen molar-refractivity contribution in [3.05, 3.63) is 81.8 Å². The molecule has 0 spiro atoms. The first-order valence-corrected chi connectivity index (χ1v) is 11.5. The lowest BCUT2D eigenvalue weighted by atomic mass is 9.98. The van der Waals surface area contributed by atoms with Crippen LogP contribution >= 0.6 is 11.3 Å². The van der Waals surface area contributed by atoms with Gasteiger partial charge in [-0.3, -0.25) is 9.36 Å². The van der Waals surface area contributed by atoms with Crippen molar-refractivity contribution in [2.75, 3.05) is 13.2 Å². The molecule has 32 heavy (non-hydrogen) atoms. The van der Waals surface area contributed by atoms with Gasteiger partial charge in [0.15, 0.2) is 0 Å². The minimum Gasteiger partial charge on any atom is -0.389 e. The Hall–Kier alpha value is -3.13. The van der Waals surface area contributed by atoms with Crippen molar-refractivity contribution in [3.63, 3.8) is 0 Å². The van der Waals surface area contributed by atoms with Gasteiger partial charge in [-0.25, -0.2) is 9.97 Å². The summed E-state index contributed by atoms with van der Waals surface area (Å²) >= 11 is 1.68. The molecule has 0 amide bonds. The quantitative estimate of drug-likeness (QED) is 0.425. The van der Waals surface area contributed by atoms with E-state index in [2.05, 4.69) is 17.1 Å². The van der Waals surface area contributed by atoms with Crippen LogP contribution in [0.3, 0.4) is 0 Å². The Labute approximate surface area is 187 Å². The van der Waals surface area contributed by atoms with E-state index >= 15 is 0 Å². The summed E-state index contributed by atoms with van der Waals surface area (Å²) in [6, 6.07) is 17.8. The molecule has 1 aliphatic rings. The van der Waals surface area contributed by atoms with Gasteiger partial charge in [0.05, 0.1) is 51.2 Å². The molecular formula is C25H21N3O3S. The highest BCUT2D eigenvalue weighted by atomic mass is 32.1. The zero-order valence-corrected chi connectivity index (χ0v) is 18.1. The number of hydrogen-bond donors (Lipinski definition) is 1. The fraction of sp³-hybridized carbons (Fsp3) is 0.240. The van der Waals surface area contributed by atoms with Gasteiger partial charge < -0.3 is 9.84 Å². The maximum absolute atomic E-state index is 13.5. The molecule has 1 aliphatic heterocycles. The number of ether oxygens (including phenoxy) is 1. The third-order valence-electron chi connectivity index (χ3n) is 6.21. The molecule has 2 aromatic heterocycles. The number of aromatic nitrogens is 3. The number of aliphatic hydroxyl groups excluding tert-OH is 1. The van der Waals surface area contributed by atoms with Crippen LogP contribution in [-0.4, -0.2) is 39.0 Å². The number of benzene rings is 3. The SMILES string of the molecule is O=c1c2cc(Cc3nc4ccccc4s3)c3ccccc3c2ncn1[C@H]1CCOC[C@@H]1O. The maximum Gasteiger partial charge on any atom is 0.261 e. The Balaban J connectivity index is 1.53. The van der Waals surface area contributed by atoms with Gasteiger partial charge in [-0.15, -0.1) is 11.3 Å². The Morgan fingerprint density at radius 2 is 1.91 bits per heavy atom. The normalized spacial score (nSPS) is 19.2. The largest absolute Gasteiger partial charge is 0.389 e. The van der Waals surface area contributed by atoms with Crippen LogP contribution in [0.4, 0.5) is 0 Å². The van der Waals surface area contributed by atoms with E-state index < -0.39 is 6.10 Å². The fourth-order valence-electron chi connectivity index (χ4n) is 4.63. The highest BCUT2D eigenvalue weighted by molar-refractivity contribution is 7.18. The van der Waals surface area contributed by atoms with Crippen LogP contribution in [-0.2, 0) is 11.2 Å². The third kappa shape index (κ3) is 3.21. The summed E-state index contributed by atoms with van der Waals surface area (Å²) in [5.41, 5.74) is 2.61. The zero-order valence-electron chi connectivity index (χ0n) is 17.3. The molecule has 3 heterocycles. The van der Waals surface area contributed by atoms with Crippen LogP contribution < -0.4 is 5.56 Å². The summed E-state index contributed by atoms with van der Waals surface area (Å²) in [6.45, 7) is 0.752. The van der Waals surface area contributed by atoms with E-state index in [0.717, 1.165) is 31.6 Å². The molecule has 0 bridgehead atoms. The molecular weight excluding hydrogens is 422 g/mol. The highest BCUT2D eigenvalue weighted by Crippen LogP contribution is 2.30. The molecule has 3 aromatic carbocycles. The molecule has 0 aliphatic carbocycles. The zero-order chi connectivity index (χ0) is 21.7. The summed E-state index contributed by atoms with van der Waals surface area (Å²) in [5.74, 6) is 0. The van der Waals surface area contributed by atoms with Crippen LogP contribution in [0.5, 0.6) is 0 Å². The molecule has 6 rings (SSSR count). The average molecular weight is 444 g/mol. The van der Waals surface area contributed by atoms with Gasteiger partial charge in [0.2, 0.25) is 0 Å². The Morgan fingerprint density at radius 3 is 2.75 bits per heavy atom. The molecule has 1 saturated heterocycles. The first-order chi connectivity index (χ1) is 15.7. The topological polar surface area (TPSA) is 77.2 Å². The second kappa shape index (κ2) is 7.78. The summed E-state index contributed by atoms with van der Waals surface area (Å²) in [5, 5.41) is 14.0. The Kier molecular flexibility index (Phi) is 4.75. The van der Waals surface area contributed by atoms with Crippen molar-refractivity contribution < 1.29 is 9.84 Å². The number of aliphatic hydroxyl groups is 1. The lowest BCUT2D eigenvalue weighted by Gasteiger charge is -2.29. The van der Waals surface area contributed by atoms with Crippen LogP contribution in [0.15, 0.2) is 65.7 Å². The van der Waals surface area contributed by atoms with Gasteiger partial charge in [-0.1, -0.05) is 36.4 Å². The van der Waals surface area contributed by atoms with Crippen LogP contribution in [0.25, 0.3) is 31.9 Å². The number of para-hydroxylation sites is 1. The number of rotatable bonds is 3. The fourth-order valence-corrected chi connectivity index (χ4v) is 5.62. The summed E-state index contributed by atoms with van der Waals surface area (Å²) < 4.78 is 8.07. The number of nitrogens with zero attached hydrogens (tertiary/aromatic N) is 3. The minimum absolute atomic E-state index is 0.128. The van der Waals surface area contributed by atoms with Crippen molar-refractivity contribution in [1.82, 2.24) is 14.5 Å². The standard InChI is InChI=1S/C25H21N3O3S/c29-21-13-31-10-9-20(21)28-14-26-24-17-6-2-1-5-16(17)15(11-18(24)25(28)30)12-23-27-19-7-3-4-8-22(19)32-23/h1-8,11,14,20-21,29H,9-10,12-13H2/t20-,21-/m0/s1. The molecule has 1 fully saturated rings. The molecule has 2 atom stereocenters. The van der Waals surface area contributed by atoms with E-state index in [9.17, 15) is 9.90 Å². The van der Waals surface area contributed by atoms with Crippen LogP contribution in [0, 0.1) is 0 Å². The van der Waals surface area contributed by atoms with Crippen molar-refractivity contribution in [2.45, 2.75) is 25.0 Å². The number of thiazole rings is 1. The molecule has 160 valence electrons. The second-order valence-electron chi connectivity index (χ2n) is 8.18. The lowest BCUT2D eigenvalue weighted by Crippen LogP contribution is -2.39. The molecule has 0 unspecified atom stereocenters. The van der Waals surface area contributed by atoms with Crippen molar-refractivity contribution >= 4 is 43.2 Å². The molecule has 0 radical (unpaired) electrons. The molecule has 7 heteroatoms. The first kappa shape index (κ1) is 19.5. The number of fused-ring (bicyclic) bond motifs is 4. The highest BCUT2D eigenvalue weighted by Gasteiger charge is 2.27. The number of hydrogen-bond acceptors (Lipinski definition) is 6. The van der Waals surface area contributed by atoms with Crippen molar-refractivity contribution in [2.24, 2.45) is 0 Å². The van der Waals surface area contributed by atoms with Gasteiger partial charge in [-0.2, -0.15) is 0 Å².